The summed E-state index contributed by atoms with van der Waals surface area (Å²) < 4.78 is 9.85. The lowest BCUT2D eigenvalue weighted by Crippen LogP contribution is -2.52. The Bertz CT molecular complexity index is 1120. The molecule has 0 saturated heterocycles. The molecule has 0 aliphatic rings. The van der Waals surface area contributed by atoms with E-state index in [4.69, 9.17) is 9.47 Å². The monoisotopic (exact) mass is 518 g/mol. The molecule has 202 valence electrons. The highest BCUT2D eigenvalue weighted by Crippen LogP contribution is 2.29. The fraction of sp³-hybridized carbons (Fsp3) is 0.407. The van der Waals surface area contributed by atoms with E-state index in [9.17, 15) is 39.0 Å². The van der Waals surface area contributed by atoms with Crippen molar-refractivity contribution >= 4 is 35.1 Å². The second-order valence-electron chi connectivity index (χ2n) is 8.98. The molecule has 0 aromatic heterocycles. The van der Waals surface area contributed by atoms with Crippen molar-refractivity contribution in [2.45, 2.75) is 60.0 Å². The second kappa shape index (κ2) is 12.5. The Kier molecular flexibility index (Phi) is 11.2. The quantitative estimate of drug-likeness (QED) is 0.198. The molecule has 0 rings (SSSR count). The summed E-state index contributed by atoms with van der Waals surface area (Å²) >= 11 is 0. The predicted molar refractivity (Wildman–Crippen MR) is 133 cm³/mol. The SMILES string of the molecule is C=C(C)C(=O)C(C)C(O)(OC(=O)/C=C(/C)C(=O)OC(O)(C(=O)C(=C)C)C(C)C(=O)C(=C)C)C(=O)C(=C)C. The molecule has 10 nitrogen and oxygen atoms in total. The number of hydrogen-bond acceptors (Lipinski definition) is 10. The third-order valence-corrected chi connectivity index (χ3v) is 5.39. The number of esters is 2. The number of allylic oxidation sites excluding steroid dienone is 2. The summed E-state index contributed by atoms with van der Waals surface area (Å²) in [6.07, 6.45) is 0.508. The van der Waals surface area contributed by atoms with Gasteiger partial charge in [-0.15, -0.1) is 0 Å². The smallest absolute Gasteiger partial charge is 0.336 e. The van der Waals surface area contributed by atoms with E-state index in [1.54, 1.807) is 0 Å². The van der Waals surface area contributed by atoms with E-state index in [1.807, 2.05) is 0 Å². The first-order valence-electron chi connectivity index (χ1n) is 11.0. The zero-order valence-corrected chi connectivity index (χ0v) is 22.2. The van der Waals surface area contributed by atoms with Gasteiger partial charge in [-0.25, -0.2) is 9.59 Å². The van der Waals surface area contributed by atoms with Gasteiger partial charge >= 0.3 is 11.9 Å². The van der Waals surface area contributed by atoms with Crippen LogP contribution < -0.4 is 0 Å². The van der Waals surface area contributed by atoms with Gasteiger partial charge in [0.25, 0.3) is 11.6 Å². The van der Waals surface area contributed by atoms with Gasteiger partial charge in [-0.3, -0.25) is 19.2 Å². The molecule has 10 heteroatoms. The molecule has 0 radical (unpaired) electrons. The molecule has 0 aliphatic heterocycles. The van der Waals surface area contributed by atoms with Crippen molar-refractivity contribution in [2.24, 2.45) is 11.8 Å². The standard InChI is InChI=1S/C27H34O10/c1-13(2)21(29)18(10)26(34,23(31)15(5)6)36-20(28)12-17(9)25(33)37-27(35,24(32)16(7)8)19(11)22(30)14(3)4/h12,18-19,34-35H,1,3,5,7H2,2,4,6,8-11H3/b17-12-. The molecule has 0 heterocycles. The van der Waals surface area contributed by atoms with Crippen molar-refractivity contribution in [3.05, 3.63) is 60.3 Å². The molecule has 37 heavy (non-hydrogen) atoms. The largest absolute Gasteiger partial charge is 0.421 e. The number of hydrogen-bond donors (Lipinski definition) is 2. The minimum Gasteiger partial charge on any atom is -0.421 e. The maximum atomic E-state index is 12.7. The van der Waals surface area contributed by atoms with Crippen LogP contribution in [0.15, 0.2) is 60.3 Å². The van der Waals surface area contributed by atoms with Gasteiger partial charge in [0, 0.05) is 11.6 Å². The molecule has 4 unspecified atom stereocenters. The van der Waals surface area contributed by atoms with Crippen LogP contribution in [0.5, 0.6) is 0 Å². The zero-order chi connectivity index (χ0) is 29.6. The summed E-state index contributed by atoms with van der Waals surface area (Å²) in [5, 5.41) is 21.8. The Labute approximate surface area is 216 Å². The van der Waals surface area contributed by atoms with Crippen molar-refractivity contribution in [1.29, 1.82) is 0 Å². The highest BCUT2D eigenvalue weighted by molar-refractivity contribution is 6.09. The van der Waals surface area contributed by atoms with Crippen LogP contribution in [0, 0.1) is 11.8 Å². The summed E-state index contributed by atoms with van der Waals surface area (Å²) in [7, 11) is 0. The number of Topliss-reactive ketones (excluding diaryl/α,β-unsaturated/α-hetero) is 4. The molecule has 4 atom stereocenters. The summed E-state index contributed by atoms with van der Waals surface area (Å²) in [6.45, 7) is 22.1. The molecular formula is C27H34O10. The molecule has 0 aromatic carbocycles. The van der Waals surface area contributed by atoms with Crippen LogP contribution in [0.1, 0.15) is 48.5 Å². The maximum absolute atomic E-state index is 12.7. The lowest BCUT2D eigenvalue weighted by Gasteiger charge is -2.32. The van der Waals surface area contributed by atoms with Crippen molar-refractivity contribution < 1.29 is 48.5 Å². The number of ketones is 4. The average Bonchev–Trinajstić information content (AvgIpc) is 2.79. The summed E-state index contributed by atoms with van der Waals surface area (Å²) in [5.74, 6) is -15.8. The molecule has 0 amide bonds. The summed E-state index contributed by atoms with van der Waals surface area (Å²) in [4.78, 5) is 75.1. The van der Waals surface area contributed by atoms with Gasteiger partial charge < -0.3 is 19.7 Å². The van der Waals surface area contributed by atoms with E-state index >= 15 is 0 Å². The first-order valence-corrected chi connectivity index (χ1v) is 11.0. The number of aliphatic hydroxyl groups is 2. The predicted octanol–water partition coefficient (Wildman–Crippen LogP) is 2.25. The van der Waals surface area contributed by atoms with Gasteiger partial charge in [0.1, 0.15) is 0 Å². The molecule has 2 N–H and O–H groups in total. The van der Waals surface area contributed by atoms with E-state index in [0.29, 0.717) is 6.08 Å². The maximum Gasteiger partial charge on any atom is 0.336 e. The summed E-state index contributed by atoms with van der Waals surface area (Å²) in [5.41, 5.74) is -1.04. The Hall–Kier alpha value is -3.76. The first-order chi connectivity index (χ1) is 16.6. The van der Waals surface area contributed by atoms with E-state index in [1.165, 1.54) is 27.7 Å². The van der Waals surface area contributed by atoms with Crippen molar-refractivity contribution in [1.82, 2.24) is 0 Å². The van der Waals surface area contributed by atoms with Gasteiger partial charge in [0.05, 0.1) is 11.8 Å². The minimum absolute atomic E-state index is 0.0211. The molecule has 0 saturated carbocycles. The number of rotatable bonds is 14. The number of ether oxygens (including phenoxy) is 2. The fourth-order valence-corrected chi connectivity index (χ4v) is 3.01. The third-order valence-electron chi connectivity index (χ3n) is 5.39. The normalized spacial score (nSPS) is 16.1. The number of carbonyl (C=O) groups excluding carboxylic acids is 6. The Morgan fingerprint density at radius 2 is 0.973 bits per heavy atom. The van der Waals surface area contributed by atoms with Crippen molar-refractivity contribution in [3.63, 3.8) is 0 Å². The van der Waals surface area contributed by atoms with Crippen LogP contribution >= 0.6 is 0 Å². The lowest BCUT2D eigenvalue weighted by molar-refractivity contribution is -0.219. The Morgan fingerprint density at radius 3 is 1.27 bits per heavy atom. The van der Waals surface area contributed by atoms with Gasteiger partial charge in [0.15, 0.2) is 11.6 Å². The van der Waals surface area contributed by atoms with E-state index in [0.717, 1.165) is 20.8 Å². The third kappa shape index (κ3) is 7.61. The lowest BCUT2D eigenvalue weighted by atomic mass is 9.87. The Morgan fingerprint density at radius 1 is 0.649 bits per heavy atom. The van der Waals surface area contributed by atoms with Crippen LogP contribution in [0.4, 0.5) is 0 Å². The van der Waals surface area contributed by atoms with Crippen LogP contribution in [0.2, 0.25) is 0 Å². The minimum atomic E-state index is -2.98. The average molecular weight is 519 g/mol. The molecule has 0 aliphatic carbocycles. The second-order valence-corrected chi connectivity index (χ2v) is 8.98. The highest BCUT2D eigenvalue weighted by Gasteiger charge is 2.50. The molecule has 0 bridgehead atoms. The van der Waals surface area contributed by atoms with E-state index < -0.39 is 64.1 Å². The Balaban J connectivity index is 6.25. The molecule has 0 spiro atoms. The number of carbonyl (C=O) groups is 6. The van der Waals surface area contributed by atoms with Gasteiger partial charge in [-0.2, -0.15) is 0 Å². The van der Waals surface area contributed by atoms with E-state index in [-0.39, 0.29) is 22.3 Å². The fourth-order valence-electron chi connectivity index (χ4n) is 3.01. The van der Waals surface area contributed by atoms with E-state index in [2.05, 4.69) is 26.3 Å². The van der Waals surface area contributed by atoms with Crippen LogP contribution in [-0.2, 0) is 38.2 Å². The zero-order valence-electron chi connectivity index (χ0n) is 22.2. The van der Waals surface area contributed by atoms with Gasteiger partial charge in [-0.05, 0) is 70.8 Å². The van der Waals surface area contributed by atoms with Gasteiger partial charge in [-0.1, -0.05) is 26.3 Å². The van der Waals surface area contributed by atoms with Crippen molar-refractivity contribution in [3.8, 4) is 0 Å². The summed E-state index contributed by atoms with van der Waals surface area (Å²) in [6, 6.07) is 0. The van der Waals surface area contributed by atoms with Gasteiger partial charge in [0.2, 0.25) is 11.6 Å². The molecule has 0 fully saturated rings. The topological polar surface area (TPSA) is 161 Å². The van der Waals surface area contributed by atoms with Crippen LogP contribution in [0.3, 0.4) is 0 Å². The van der Waals surface area contributed by atoms with Crippen molar-refractivity contribution in [2.75, 3.05) is 0 Å². The highest BCUT2D eigenvalue weighted by atomic mass is 16.7. The molecular weight excluding hydrogens is 484 g/mol. The first kappa shape index (κ1) is 33.2. The molecule has 0 aromatic rings. The van der Waals surface area contributed by atoms with Crippen LogP contribution in [0.25, 0.3) is 0 Å². The van der Waals surface area contributed by atoms with Crippen LogP contribution in [-0.4, -0.2) is 56.9 Å².